The quantitative estimate of drug-likeness (QED) is 0.141. The first kappa shape index (κ1) is 31.6. The van der Waals surface area contributed by atoms with Crippen molar-refractivity contribution in [3.8, 4) is 0 Å². The van der Waals surface area contributed by atoms with Crippen LogP contribution in [0.15, 0.2) is 83.9 Å². The van der Waals surface area contributed by atoms with Gasteiger partial charge >= 0.3 is 12.1 Å². The van der Waals surface area contributed by atoms with Gasteiger partial charge in [0.05, 0.1) is 21.4 Å². The molecule has 1 aromatic heterocycles. The van der Waals surface area contributed by atoms with E-state index in [1.54, 1.807) is 69.3 Å². The first-order valence-electron chi connectivity index (χ1n) is 14.1. The number of nitrogens with one attached hydrogen (secondary N) is 3. The predicted molar refractivity (Wildman–Crippen MR) is 164 cm³/mol. The maximum absolute atomic E-state index is 13.7. The van der Waals surface area contributed by atoms with E-state index in [0.717, 1.165) is 5.56 Å². The van der Waals surface area contributed by atoms with Crippen molar-refractivity contribution in [1.29, 1.82) is 0 Å². The van der Waals surface area contributed by atoms with Crippen molar-refractivity contribution in [2.45, 2.75) is 62.9 Å². The molecule has 1 fully saturated rings. The molecule has 1 aliphatic rings. The molecule has 13 nitrogen and oxygen atoms in total. The number of esters is 1. The van der Waals surface area contributed by atoms with E-state index in [0.29, 0.717) is 22.0 Å². The van der Waals surface area contributed by atoms with Crippen molar-refractivity contribution in [3.63, 3.8) is 0 Å². The number of hydrogen-bond acceptors (Lipinski definition) is 10. The minimum atomic E-state index is -3.98. The Morgan fingerprint density at radius 1 is 1.07 bits per heavy atom. The number of non-ortho nitro benzene ring substituents is 1. The monoisotopic (exact) mass is 635 g/mol. The molecule has 2 unspecified atom stereocenters. The van der Waals surface area contributed by atoms with Crippen LogP contribution < -0.4 is 16.2 Å². The normalized spacial score (nSPS) is 18.4. The second kappa shape index (κ2) is 12.0. The molecule has 1 saturated heterocycles. The summed E-state index contributed by atoms with van der Waals surface area (Å²) in [6, 6.07) is 18.4. The fraction of sp³-hybridized carbons (Fsp3) is 0.290. The summed E-state index contributed by atoms with van der Waals surface area (Å²) in [4.78, 5) is 37.1. The largest absolute Gasteiger partial charge is 0.458 e. The third-order valence-electron chi connectivity index (χ3n) is 7.21. The molecule has 0 saturated carbocycles. The number of carbonyl (C=O) groups excluding carboxylic acids is 2. The Hall–Kier alpha value is -4.79. The van der Waals surface area contributed by atoms with Crippen LogP contribution in [0.3, 0.4) is 0 Å². The molecule has 5 rings (SSSR count). The number of alkyl carbamates (subject to hydrolysis) is 1. The third-order valence-corrected chi connectivity index (χ3v) is 8.90. The Morgan fingerprint density at radius 2 is 1.73 bits per heavy atom. The zero-order valence-corrected chi connectivity index (χ0v) is 25.9. The summed E-state index contributed by atoms with van der Waals surface area (Å²) >= 11 is 0. The van der Waals surface area contributed by atoms with Gasteiger partial charge < -0.3 is 9.47 Å². The lowest BCUT2D eigenvalue weighted by Crippen LogP contribution is -2.63. The van der Waals surface area contributed by atoms with Crippen LogP contribution >= 0.6 is 0 Å². The summed E-state index contributed by atoms with van der Waals surface area (Å²) in [5, 5.41) is 14.2. The molecule has 1 aliphatic heterocycles. The van der Waals surface area contributed by atoms with Gasteiger partial charge in [0.2, 0.25) is 5.66 Å². The number of para-hydroxylation sites is 1. The molecule has 4 aromatic rings. The Bertz CT molecular complexity index is 1860. The number of hydrazine groups is 1. The van der Waals surface area contributed by atoms with Crippen LogP contribution in [0.5, 0.6) is 0 Å². The van der Waals surface area contributed by atoms with Crippen LogP contribution in [-0.2, 0) is 30.9 Å². The van der Waals surface area contributed by atoms with E-state index in [1.165, 1.54) is 34.4 Å². The summed E-state index contributed by atoms with van der Waals surface area (Å²) in [5.74, 6) is -0.849. The van der Waals surface area contributed by atoms with E-state index < -0.39 is 44.3 Å². The van der Waals surface area contributed by atoms with Gasteiger partial charge in [-0.2, -0.15) is 0 Å². The second-order valence-electron chi connectivity index (χ2n) is 11.8. The molecule has 2 atom stereocenters. The molecular weight excluding hydrogens is 602 g/mol. The van der Waals surface area contributed by atoms with Crippen LogP contribution in [0.4, 0.5) is 10.5 Å². The molecule has 236 valence electrons. The van der Waals surface area contributed by atoms with Gasteiger partial charge in [-0.05, 0) is 69.2 Å². The van der Waals surface area contributed by atoms with Crippen LogP contribution in [0.25, 0.3) is 10.9 Å². The molecule has 0 spiro atoms. The van der Waals surface area contributed by atoms with Gasteiger partial charge in [0.15, 0.2) is 0 Å². The second-order valence-corrected chi connectivity index (χ2v) is 13.6. The molecule has 3 N–H and O–H groups in total. The summed E-state index contributed by atoms with van der Waals surface area (Å²) in [6.45, 7) is 6.68. The highest BCUT2D eigenvalue weighted by molar-refractivity contribution is 7.90. The first-order chi connectivity index (χ1) is 21.2. The standard InChI is InChI=1S/C31H33N5O8S/c1-20-9-15-23(16-10-20)45(41,42)35-18-25(24-7-5-6-8-27(24)35)26-17-31(34-33-26,32-29(38)44-30(2,3)4)28(37)43-19-21-11-13-22(14-12-21)36(39)40/h5-16,18,26,33-34H,17,19H2,1-4H3,(H,32,38). The number of nitrogens with zero attached hydrogens (tertiary/aromatic N) is 2. The van der Waals surface area contributed by atoms with E-state index in [4.69, 9.17) is 9.47 Å². The van der Waals surface area contributed by atoms with Gasteiger partial charge in [0, 0.05) is 30.1 Å². The van der Waals surface area contributed by atoms with Gasteiger partial charge in [-0.1, -0.05) is 35.9 Å². The Labute approximate surface area is 259 Å². The first-order valence-corrected chi connectivity index (χ1v) is 15.5. The number of carbonyl (C=O) groups is 2. The van der Waals surface area contributed by atoms with Gasteiger partial charge in [0.1, 0.15) is 12.2 Å². The highest BCUT2D eigenvalue weighted by atomic mass is 32.2. The Balaban J connectivity index is 1.46. The number of benzene rings is 3. The molecule has 0 aliphatic carbocycles. The number of nitro groups is 1. The molecular formula is C31H33N5O8S. The number of fused-ring (bicyclic) bond motifs is 1. The Morgan fingerprint density at radius 3 is 2.38 bits per heavy atom. The van der Waals surface area contributed by atoms with Crippen molar-refractivity contribution >= 4 is 38.7 Å². The molecule has 3 aromatic carbocycles. The predicted octanol–water partition coefficient (Wildman–Crippen LogP) is 4.60. The van der Waals surface area contributed by atoms with Gasteiger partial charge in [-0.25, -0.2) is 32.8 Å². The Kier molecular flexibility index (Phi) is 8.40. The lowest BCUT2D eigenvalue weighted by atomic mass is 9.97. The molecule has 0 bridgehead atoms. The fourth-order valence-electron chi connectivity index (χ4n) is 5.01. The van der Waals surface area contributed by atoms with E-state index in [-0.39, 0.29) is 23.6 Å². The molecule has 14 heteroatoms. The highest BCUT2D eigenvalue weighted by Gasteiger charge is 2.50. The molecule has 45 heavy (non-hydrogen) atoms. The van der Waals surface area contributed by atoms with E-state index in [2.05, 4.69) is 16.2 Å². The SMILES string of the molecule is Cc1ccc(S(=O)(=O)n2cc(C3CC(NC(=O)OC(C)(C)C)(C(=O)OCc4ccc([N+](=O)[O-])cc4)NN3)c3ccccc32)cc1. The highest BCUT2D eigenvalue weighted by Crippen LogP contribution is 2.36. The van der Waals surface area contributed by atoms with Crippen molar-refractivity contribution in [2.24, 2.45) is 0 Å². The molecule has 0 radical (unpaired) electrons. The minimum absolute atomic E-state index is 0.0794. The lowest BCUT2D eigenvalue weighted by molar-refractivity contribution is -0.384. The van der Waals surface area contributed by atoms with Crippen LogP contribution in [0, 0.1) is 17.0 Å². The van der Waals surface area contributed by atoms with Crippen molar-refractivity contribution in [3.05, 3.63) is 106 Å². The topological polar surface area (TPSA) is 171 Å². The van der Waals surface area contributed by atoms with Crippen molar-refractivity contribution < 1.29 is 32.4 Å². The maximum atomic E-state index is 13.7. The molecule has 1 amide bonds. The fourth-order valence-corrected chi connectivity index (χ4v) is 6.39. The number of amides is 1. The average molecular weight is 636 g/mol. The summed E-state index contributed by atoms with van der Waals surface area (Å²) in [5.41, 5.74) is 5.52. The molecule has 2 heterocycles. The van der Waals surface area contributed by atoms with Gasteiger partial charge in [0.25, 0.3) is 15.7 Å². The van der Waals surface area contributed by atoms with Gasteiger partial charge in [-0.15, -0.1) is 0 Å². The number of hydrogen-bond donors (Lipinski definition) is 3. The average Bonchev–Trinajstić information content (AvgIpc) is 3.58. The van der Waals surface area contributed by atoms with E-state index in [9.17, 15) is 28.1 Å². The minimum Gasteiger partial charge on any atom is -0.458 e. The van der Waals surface area contributed by atoms with Crippen LogP contribution in [0.2, 0.25) is 0 Å². The van der Waals surface area contributed by atoms with Crippen LogP contribution in [0.1, 0.15) is 49.9 Å². The van der Waals surface area contributed by atoms with Gasteiger partial charge in [-0.3, -0.25) is 15.4 Å². The lowest BCUT2D eigenvalue weighted by Gasteiger charge is -2.29. The third kappa shape index (κ3) is 6.67. The summed E-state index contributed by atoms with van der Waals surface area (Å²) in [7, 11) is -3.98. The number of ether oxygens (including phenoxy) is 2. The smallest absolute Gasteiger partial charge is 0.409 e. The van der Waals surface area contributed by atoms with E-state index >= 15 is 0 Å². The number of aromatic nitrogens is 1. The summed E-state index contributed by atoms with van der Waals surface area (Å²) in [6.07, 6.45) is 0.545. The van der Waals surface area contributed by atoms with Crippen molar-refractivity contribution in [2.75, 3.05) is 0 Å². The van der Waals surface area contributed by atoms with E-state index in [1.807, 2.05) is 6.92 Å². The number of rotatable bonds is 8. The zero-order valence-electron chi connectivity index (χ0n) is 25.1. The van der Waals surface area contributed by atoms with Crippen LogP contribution in [-0.4, -0.2) is 40.6 Å². The van der Waals surface area contributed by atoms with Crippen molar-refractivity contribution in [1.82, 2.24) is 20.1 Å². The maximum Gasteiger partial charge on any atom is 0.409 e. The number of aryl methyl sites for hydroxylation is 1. The summed E-state index contributed by atoms with van der Waals surface area (Å²) < 4.78 is 39.6. The number of nitro benzene ring substituents is 1. The zero-order chi connectivity index (χ0) is 32.6.